The van der Waals surface area contributed by atoms with Gasteiger partial charge in [-0.15, -0.1) is 0 Å². The Balaban J connectivity index is 1.43. The van der Waals surface area contributed by atoms with Crippen LogP contribution in [0, 0.1) is 23.1 Å². The Hall–Kier alpha value is -1.91. The lowest BCUT2D eigenvalue weighted by Crippen LogP contribution is -2.46. The van der Waals surface area contributed by atoms with Crippen LogP contribution in [0.25, 0.3) is 0 Å². The summed E-state index contributed by atoms with van der Waals surface area (Å²) in [5.74, 6) is 0.459. The van der Waals surface area contributed by atoms with E-state index >= 15 is 0 Å². The summed E-state index contributed by atoms with van der Waals surface area (Å²) in [4.78, 5) is 27.0. The number of benzene rings is 1. The van der Waals surface area contributed by atoms with Crippen molar-refractivity contribution in [1.82, 2.24) is 10.2 Å². The average molecular weight is 403 g/mol. The molecule has 1 saturated heterocycles. The first-order valence-corrected chi connectivity index (χ1v) is 11.2. The van der Waals surface area contributed by atoms with E-state index < -0.39 is 0 Å². The van der Waals surface area contributed by atoms with Crippen LogP contribution in [0.1, 0.15) is 76.1 Å². The molecule has 29 heavy (non-hydrogen) atoms. The second-order valence-electron chi connectivity index (χ2n) is 9.47. The number of carbonyl (C=O) groups excluding carboxylic acids is 2. The van der Waals surface area contributed by atoms with Crippen molar-refractivity contribution >= 4 is 11.8 Å². The molecule has 0 spiro atoms. The third-order valence-electron chi connectivity index (χ3n) is 7.33. The zero-order chi connectivity index (χ0) is 21.0. The van der Waals surface area contributed by atoms with Gasteiger partial charge in [0.25, 0.3) is 5.91 Å². The van der Waals surface area contributed by atoms with E-state index in [4.69, 9.17) is 0 Å². The number of nitrogens with zero attached hydrogens (tertiary/aromatic N) is 1. The molecule has 1 aliphatic carbocycles. The van der Waals surface area contributed by atoms with E-state index in [-0.39, 0.29) is 23.5 Å². The van der Waals surface area contributed by atoms with Crippen molar-refractivity contribution in [3.63, 3.8) is 0 Å². The summed E-state index contributed by atoms with van der Waals surface area (Å²) in [6.45, 7) is 8.13. The van der Waals surface area contributed by atoms with Crippen LogP contribution >= 0.6 is 0 Å². The molecule has 4 nitrogen and oxygen atoms in total. The highest BCUT2D eigenvalue weighted by molar-refractivity contribution is 5.94. The third-order valence-corrected chi connectivity index (χ3v) is 7.33. The highest BCUT2D eigenvalue weighted by Crippen LogP contribution is 2.40. The molecular weight excluding hydrogens is 367 g/mol. The number of hydrogen-bond donors (Lipinski definition) is 1. The Bertz CT molecular complexity index is 700. The van der Waals surface area contributed by atoms with E-state index in [2.05, 4.69) is 26.1 Å². The van der Waals surface area contributed by atoms with E-state index in [0.717, 1.165) is 18.8 Å². The smallest absolute Gasteiger partial charge is 0.253 e. The van der Waals surface area contributed by atoms with Crippen molar-refractivity contribution in [2.75, 3.05) is 13.1 Å². The van der Waals surface area contributed by atoms with Gasteiger partial charge in [-0.2, -0.15) is 0 Å². The van der Waals surface area contributed by atoms with Crippen LogP contribution in [0.2, 0.25) is 0 Å². The molecular formula is C24H35FN2O2. The standard InChI is InChI=1S/C24H35FN2O2/c1-4-24(2,3)19-7-11-21(12-8-19)26-22(28)17-13-15-27(16-14-17)23(29)18-5-9-20(25)10-6-18/h5-6,9-10,17,19,21H,4,7-8,11-16H2,1-3H3,(H,26,28). The molecule has 160 valence electrons. The summed E-state index contributed by atoms with van der Waals surface area (Å²) >= 11 is 0. The molecule has 0 unspecified atom stereocenters. The van der Waals surface area contributed by atoms with Gasteiger partial charge in [0.15, 0.2) is 0 Å². The van der Waals surface area contributed by atoms with Gasteiger partial charge in [-0.1, -0.05) is 27.2 Å². The number of amides is 2. The van der Waals surface area contributed by atoms with Crippen LogP contribution in [-0.4, -0.2) is 35.8 Å². The number of carbonyl (C=O) groups is 2. The largest absolute Gasteiger partial charge is 0.353 e. The summed E-state index contributed by atoms with van der Waals surface area (Å²) in [7, 11) is 0. The molecule has 1 N–H and O–H groups in total. The van der Waals surface area contributed by atoms with Crippen LogP contribution in [0.4, 0.5) is 4.39 Å². The van der Waals surface area contributed by atoms with Gasteiger partial charge >= 0.3 is 0 Å². The van der Waals surface area contributed by atoms with Crippen molar-refractivity contribution in [3.8, 4) is 0 Å². The lowest BCUT2D eigenvalue weighted by molar-refractivity contribution is -0.127. The Morgan fingerprint density at radius 2 is 1.62 bits per heavy atom. The van der Waals surface area contributed by atoms with E-state index in [0.29, 0.717) is 43.0 Å². The fraction of sp³-hybridized carbons (Fsp3) is 0.667. The summed E-state index contributed by atoms with van der Waals surface area (Å²) in [6.07, 6.45) is 7.11. The third kappa shape index (κ3) is 5.37. The minimum atomic E-state index is -0.343. The molecule has 2 amide bonds. The zero-order valence-corrected chi connectivity index (χ0v) is 18.0. The molecule has 1 aromatic rings. The molecule has 1 saturated carbocycles. The van der Waals surface area contributed by atoms with Gasteiger partial charge in [-0.05, 0) is 74.1 Å². The quantitative estimate of drug-likeness (QED) is 0.770. The summed E-state index contributed by atoms with van der Waals surface area (Å²) in [5.41, 5.74) is 0.889. The summed E-state index contributed by atoms with van der Waals surface area (Å²) in [6, 6.07) is 5.96. The molecule has 0 atom stereocenters. The van der Waals surface area contributed by atoms with E-state index in [1.807, 2.05) is 0 Å². The maximum Gasteiger partial charge on any atom is 0.253 e. The molecule has 0 radical (unpaired) electrons. The van der Waals surface area contributed by atoms with Crippen LogP contribution in [0.5, 0.6) is 0 Å². The number of rotatable bonds is 5. The molecule has 0 aromatic heterocycles. The van der Waals surface area contributed by atoms with E-state index in [1.165, 1.54) is 43.5 Å². The summed E-state index contributed by atoms with van der Waals surface area (Å²) < 4.78 is 13.1. The minimum Gasteiger partial charge on any atom is -0.353 e. The SMILES string of the molecule is CCC(C)(C)C1CCC(NC(=O)C2CCN(C(=O)c3ccc(F)cc3)CC2)CC1. The van der Waals surface area contributed by atoms with Crippen molar-refractivity contribution in [2.45, 2.75) is 71.8 Å². The van der Waals surface area contributed by atoms with Crippen molar-refractivity contribution < 1.29 is 14.0 Å². The van der Waals surface area contributed by atoms with Gasteiger partial charge in [-0.25, -0.2) is 4.39 Å². The second-order valence-corrected chi connectivity index (χ2v) is 9.47. The molecule has 3 rings (SSSR count). The predicted octanol–water partition coefficient (Wildman–Crippen LogP) is 4.79. The monoisotopic (exact) mass is 402 g/mol. The van der Waals surface area contributed by atoms with Gasteiger partial charge in [-0.3, -0.25) is 9.59 Å². The van der Waals surface area contributed by atoms with Crippen molar-refractivity contribution in [3.05, 3.63) is 35.6 Å². The topological polar surface area (TPSA) is 49.4 Å². The maximum absolute atomic E-state index is 13.1. The Kier molecular flexibility index (Phi) is 6.97. The number of likely N-dealkylation sites (tertiary alicyclic amines) is 1. The lowest BCUT2D eigenvalue weighted by atomic mass is 9.69. The van der Waals surface area contributed by atoms with Gasteiger partial charge < -0.3 is 10.2 Å². The van der Waals surface area contributed by atoms with Crippen molar-refractivity contribution in [1.29, 1.82) is 0 Å². The van der Waals surface area contributed by atoms with E-state index in [1.54, 1.807) is 4.90 Å². The first kappa shape index (κ1) is 21.8. The number of hydrogen-bond acceptors (Lipinski definition) is 2. The van der Waals surface area contributed by atoms with Crippen LogP contribution < -0.4 is 5.32 Å². The predicted molar refractivity (Wildman–Crippen MR) is 113 cm³/mol. The number of piperidine rings is 1. The number of nitrogens with one attached hydrogen (secondary N) is 1. The first-order valence-electron chi connectivity index (χ1n) is 11.2. The van der Waals surface area contributed by atoms with Gasteiger partial charge in [0.2, 0.25) is 5.91 Å². The van der Waals surface area contributed by atoms with Crippen molar-refractivity contribution in [2.24, 2.45) is 17.3 Å². The van der Waals surface area contributed by atoms with Crippen LogP contribution in [0.3, 0.4) is 0 Å². The molecule has 1 aliphatic heterocycles. The molecule has 1 aromatic carbocycles. The van der Waals surface area contributed by atoms with E-state index in [9.17, 15) is 14.0 Å². The van der Waals surface area contributed by atoms with Crippen LogP contribution in [0.15, 0.2) is 24.3 Å². The first-order chi connectivity index (χ1) is 13.8. The van der Waals surface area contributed by atoms with Gasteiger partial charge in [0.05, 0.1) is 0 Å². The average Bonchev–Trinajstić information content (AvgIpc) is 2.74. The molecule has 0 bridgehead atoms. The van der Waals surface area contributed by atoms with Gasteiger partial charge in [0, 0.05) is 30.6 Å². The summed E-state index contributed by atoms with van der Waals surface area (Å²) in [5, 5.41) is 3.28. The molecule has 5 heteroatoms. The molecule has 2 aliphatic rings. The normalized spacial score (nSPS) is 23.7. The van der Waals surface area contributed by atoms with Gasteiger partial charge in [0.1, 0.15) is 5.82 Å². The fourth-order valence-corrected chi connectivity index (χ4v) is 4.75. The Labute approximate surface area is 174 Å². The second kappa shape index (κ2) is 9.27. The maximum atomic E-state index is 13.1. The highest BCUT2D eigenvalue weighted by Gasteiger charge is 2.34. The lowest BCUT2D eigenvalue weighted by Gasteiger charge is -2.39. The molecule has 2 fully saturated rings. The fourth-order valence-electron chi connectivity index (χ4n) is 4.75. The Morgan fingerprint density at radius 1 is 1.03 bits per heavy atom. The zero-order valence-electron chi connectivity index (χ0n) is 18.0. The minimum absolute atomic E-state index is 0.0166. The molecule has 1 heterocycles. The number of halogens is 1. The highest BCUT2D eigenvalue weighted by atomic mass is 19.1. The Morgan fingerprint density at radius 3 is 2.17 bits per heavy atom. The van der Waals surface area contributed by atoms with Crippen LogP contribution in [-0.2, 0) is 4.79 Å².